The third-order valence-electron chi connectivity index (χ3n) is 4.76. The smallest absolute Gasteiger partial charge is 0.131 e. The van der Waals surface area contributed by atoms with Gasteiger partial charge in [-0.15, -0.1) is 0 Å². The van der Waals surface area contributed by atoms with Crippen molar-refractivity contribution in [1.29, 1.82) is 0 Å². The summed E-state index contributed by atoms with van der Waals surface area (Å²) in [7, 11) is 0. The van der Waals surface area contributed by atoms with Gasteiger partial charge < -0.3 is 16.0 Å². The fourth-order valence-corrected chi connectivity index (χ4v) is 3.01. The molecule has 0 atom stereocenters. The quantitative estimate of drug-likeness (QED) is 0.175. The van der Waals surface area contributed by atoms with Crippen molar-refractivity contribution in [2.75, 3.05) is 16.0 Å². The van der Waals surface area contributed by atoms with Crippen LogP contribution < -0.4 is 16.0 Å². The summed E-state index contributed by atoms with van der Waals surface area (Å²) in [5, 5.41) is 9.24. The molecule has 0 aliphatic carbocycles. The van der Waals surface area contributed by atoms with Crippen molar-refractivity contribution in [2.24, 2.45) is 0 Å². The molecule has 0 bridgehead atoms. The van der Waals surface area contributed by atoms with Crippen molar-refractivity contribution in [2.45, 2.75) is 0 Å². The molecule has 9 nitrogen and oxygen atoms in total. The standard InChI is InChI=1S/3C10H9N3.Ir/c3*1-3-7-11-9(5-1)13-10-6-2-4-8-12-10;/h3*1-8H,(H,11,12,13);. The van der Waals surface area contributed by atoms with Gasteiger partial charge in [-0.1, -0.05) is 36.4 Å². The minimum absolute atomic E-state index is 0. The van der Waals surface area contributed by atoms with Gasteiger partial charge in [0, 0.05) is 57.3 Å². The summed E-state index contributed by atoms with van der Waals surface area (Å²) in [5.74, 6) is 4.84. The molecule has 0 unspecified atom stereocenters. The average Bonchev–Trinajstić information content (AvgIpc) is 3.01. The van der Waals surface area contributed by atoms with Gasteiger partial charge in [0.2, 0.25) is 0 Å². The molecule has 0 amide bonds. The molecule has 0 saturated heterocycles. The molecule has 40 heavy (non-hydrogen) atoms. The molecule has 6 aromatic rings. The average molecular weight is 706 g/mol. The van der Waals surface area contributed by atoms with Crippen LogP contribution in [0.3, 0.4) is 0 Å². The third-order valence-corrected chi connectivity index (χ3v) is 4.76. The fraction of sp³-hybridized carbons (Fsp3) is 0. The van der Waals surface area contributed by atoms with Crippen LogP contribution in [0.15, 0.2) is 146 Å². The van der Waals surface area contributed by atoms with Gasteiger partial charge in [-0.3, -0.25) is 0 Å². The molecular weight excluding hydrogens is 679 g/mol. The maximum absolute atomic E-state index is 4.12. The van der Waals surface area contributed by atoms with Crippen LogP contribution in [0, 0.1) is 0 Å². The SMILES string of the molecule is [Ir].c1ccc(Nc2ccccn2)nc1.c1ccc(Nc2ccccn2)nc1.c1ccc(Nc2ccccn2)nc1. The number of nitrogens with one attached hydrogen (secondary N) is 3. The number of anilines is 6. The summed E-state index contributed by atoms with van der Waals surface area (Å²) >= 11 is 0. The van der Waals surface area contributed by atoms with Crippen LogP contribution in [0.1, 0.15) is 0 Å². The number of hydrogen-bond donors (Lipinski definition) is 3. The molecule has 0 aliphatic rings. The van der Waals surface area contributed by atoms with E-state index >= 15 is 0 Å². The molecule has 6 heterocycles. The predicted molar refractivity (Wildman–Crippen MR) is 155 cm³/mol. The summed E-state index contributed by atoms with van der Waals surface area (Å²) in [5.41, 5.74) is 0. The first-order chi connectivity index (χ1) is 19.3. The Morgan fingerprint density at radius 2 is 0.450 bits per heavy atom. The van der Waals surface area contributed by atoms with Crippen LogP contribution in [0.2, 0.25) is 0 Å². The van der Waals surface area contributed by atoms with E-state index in [1.807, 2.05) is 109 Å². The Hall–Kier alpha value is -5.05. The molecular formula is C30H27IrN9. The Morgan fingerprint density at radius 1 is 0.275 bits per heavy atom. The minimum Gasteiger partial charge on any atom is -0.325 e. The predicted octanol–water partition coefficient (Wildman–Crippen LogP) is 6.66. The topological polar surface area (TPSA) is 113 Å². The van der Waals surface area contributed by atoms with Gasteiger partial charge in [0.15, 0.2) is 0 Å². The Labute approximate surface area is 246 Å². The second-order valence-electron chi connectivity index (χ2n) is 7.66. The molecule has 0 aromatic carbocycles. The number of aromatic nitrogens is 6. The summed E-state index contributed by atoms with van der Waals surface area (Å²) in [6, 6.07) is 34.2. The summed E-state index contributed by atoms with van der Waals surface area (Å²) < 4.78 is 0. The van der Waals surface area contributed by atoms with E-state index < -0.39 is 0 Å². The van der Waals surface area contributed by atoms with Crippen LogP contribution >= 0.6 is 0 Å². The van der Waals surface area contributed by atoms with E-state index in [1.165, 1.54) is 0 Å². The van der Waals surface area contributed by atoms with Crippen molar-refractivity contribution < 1.29 is 20.1 Å². The number of nitrogens with zero attached hydrogens (tertiary/aromatic N) is 6. The molecule has 1 radical (unpaired) electrons. The molecule has 0 aliphatic heterocycles. The number of pyridine rings is 6. The van der Waals surface area contributed by atoms with Crippen molar-refractivity contribution in [3.63, 3.8) is 0 Å². The molecule has 3 N–H and O–H groups in total. The summed E-state index contributed by atoms with van der Waals surface area (Å²) in [6.45, 7) is 0. The fourth-order valence-electron chi connectivity index (χ4n) is 3.01. The van der Waals surface area contributed by atoms with Gasteiger partial charge in [-0.2, -0.15) is 0 Å². The Balaban J connectivity index is 0.000000163. The van der Waals surface area contributed by atoms with Gasteiger partial charge >= 0.3 is 0 Å². The van der Waals surface area contributed by atoms with Gasteiger partial charge in [-0.25, -0.2) is 29.9 Å². The first kappa shape index (κ1) is 29.5. The minimum atomic E-state index is 0. The zero-order valence-corrected chi connectivity index (χ0v) is 23.8. The normalized spacial score (nSPS) is 9.30. The van der Waals surface area contributed by atoms with E-state index in [0.717, 1.165) is 34.9 Å². The number of hydrogen-bond acceptors (Lipinski definition) is 9. The van der Waals surface area contributed by atoms with Crippen LogP contribution in [0.4, 0.5) is 34.9 Å². The van der Waals surface area contributed by atoms with Gasteiger partial charge in [0.25, 0.3) is 0 Å². The van der Waals surface area contributed by atoms with Gasteiger partial charge in [0.1, 0.15) is 34.9 Å². The first-order valence-corrected chi connectivity index (χ1v) is 12.1. The van der Waals surface area contributed by atoms with Gasteiger partial charge in [0.05, 0.1) is 0 Å². The molecule has 6 aromatic heterocycles. The Kier molecular flexibility index (Phi) is 12.9. The Bertz CT molecular complexity index is 1150. The molecule has 0 spiro atoms. The maximum atomic E-state index is 4.12. The summed E-state index contributed by atoms with van der Waals surface area (Å²) in [4.78, 5) is 24.7. The van der Waals surface area contributed by atoms with E-state index in [4.69, 9.17) is 0 Å². The molecule has 10 heteroatoms. The number of rotatable bonds is 6. The second kappa shape index (κ2) is 17.5. The van der Waals surface area contributed by atoms with E-state index in [-0.39, 0.29) is 20.1 Å². The van der Waals surface area contributed by atoms with Gasteiger partial charge in [-0.05, 0) is 72.8 Å². The van der Waals surface area contributed by atoms with E-state index in [0.29, 0.717) is 0 Å². The van der Waals surface area contributed by atoms with Crippen molar-refractivity contribution >= 4 is 34.9 Å². The van der Waals surface area contributed by atoms with Crippen molar-refractivity contribution in [3.8, 4) is 0 Å². The zero-order chi connectivity index (χ0) is 26.8. The van der Waals surface area contributed by atoms with Crippen molar-refractivity contribution in [3.05, 3.63) is 146 Å². The third kappa shape index (κ3) is 11.1. The largest absolute Gasteiger partial charge is 0.325 e. The van der Waals surface area contributed by atoms with Crippen LogP contribution in [0.25, 0.3) is 0 Å². The molecule has 0 saturated carbocycles. The first-order valence-electron chi connectivity index (χ1n) is 12.1. The summed E-state index contributed by atoms with van der Waals surface area (Å²) in [6.07, 6.45) is 10.4. The van der Waals surface area contributed by atoms with E-state index in [9.17, 15) is 0 Å². The van der Waals surface area contributed by atoms with Crippen LogP contribution in [0.5, 0.6) is 0 Å². The van der Waals surface area contributed by atoms with Crippen LogP contribution in [-0.2, 0) is 20.1 Å². The molecule has 0 fully saturated rings. The Morgan fingerprint density at radius 3 is 0.575 bits per heavy atom. The zero-order valence-electron chi connectivity index (χ0n) is 21.4. The monoisotopic (exact) mass is 706 g/mol. The molecule has 6 rings (SSSR count). The second-order valence-corrected chi connectivity index (χ2v) is 7.66. The van der Waals surface area contributed by atoms with E-state index in [1.54, 1.807) is 37.2 Å². The maximum Gasteiger partial charge on any atom is 0.131 e. The van der Waals surface area contributed by atoms with E-state index in [2.05, 4.69) is 45.9 Å². The molecule has 201 valence electrons. The van der Waals surface area contributed by atoms with Crippen LogP contribution in [-0.4, -0.2) is 29.9 Å². The van der Waals surface area contributed by atoms with Crippen molar-refractivity contribution in [1.82, 2.24) is 29.9 Å².